The highest BCUT2D eigenvalue weighted by Gasteiger charge is 2.19. The maximum Gasteiger partial charge on any atom is 0.343 e. The third kappa shape index (κ3) is 6.46. The van der Waals surface area contributed by atoms with Gasteiger partial charge in [-0.3, -0.25) is 4.79 Å². The SMILES string of the molecule is CCC(=O)N(CCCn1c(CCOC)nc2c(N)nc3ccccc3c21)Cc1ccccc1OCC(=O)OC. The maximum atomic E-state index is 12.9. The second-order valence-corrected chi connectivity index (χ2v) is 9.13. The number of imidazole rings is 1. The van der Waals surface area contributed by atoms with Crippen LogP contribution < -0.4 is 10.5 Å². The Balaban J connectivity index is 1.58. The van der Waals surface area contributed by atoms with Crippen LogP contribution in [0.4, 0.5) is 5.82 Å². The number of nitrogens with zero attached hydrogens (tertiary/aromatic N) is 4. The van der Waals surface area contributed by atoms with E-state index in [-0.39, 0.29) is 12.5 Å². The molecular weight excluding hydrogens is 498 g/mol. The summed E-state index contributed by atoms with van der Waals surface area (Å²) in [5.74, 6) is 1.38. The van der Waals surface area contributed by atoms with E-state index in [9.17, 15) is 9.59 Å². The second kappa shape index (κ2) is 13.1. The number of benzene rings is 2. The number of aryl methyl sites for hydroxylation is 1. The van der Waals surface area contributed by atoms with E-state index in [4.69, 9.17) is 20.2 Å². The van der Waals surface area contributed by atoms with Gasteiger partial charge in [0.15, 0.2) is 12.4 Å². The highest BCUT2D eigenvalue weighted by atomic mass is 16.6. The average molecular weight is 534 g/mol. The predicted octanol–water partition coefficient (Wildman–Crippen LogP) is 3.74. The molecule has 2 heterocycles. The van der Waals surface area contributed by atoms with Crippen molar-refractivity contribution in [3.05, 3.63) is 59.9 Å². The van der Waals surface area contributed by atoms with E-state index in [2.05, 4.69) is 14.3 Å². The average Bonchev–Trinajstić information content (AvgIpc) is 3.33. The van der Waals surface area contributed by atoms with Crippen LogP contribution in [-0.4, -0.2) is 65.3 Å². The zero-order valence-corrected chi connectivity index (χ0v) is 22.7. The molecule has 4 aromatic rings. The summed E-state index contributed by atoms with van der Waals surface area (Å²) in [6.45, 7) is 3.71. The van der Waals surface area contributed by atoms with Crippen molar-refractivity contribution < 1.29 is 23.8 Å². The minimum atomic E-state index is -0.466. The zero-order valence-electron chi connectivity index (χ0n) is 22.7. The number of ether oxygens (including phenoxy) is 3. The summed E-state index contributed by atoms with van der Waals surface area (Å²) in [5, 5.41) is 0.982. The molecule has 1 amide bonds. The number of methoxy groups -OCH3 is 2. The molecule has 10 heteroatoms. The van der Waals surface area contributed by atoms with Gasteiger partial charge in [0, 0.05) is 50.5 Å². The van der Waals surface area contributed by atoms with Gasteiger partial charge in [0.25, 0.3) is 0 Å². The third-order valence-corrected chi connectivity index (χ3v) is 6.59. The summed E-state index contributed by atoms with van der Waals surface area (Å²) in [5.41, 5.74) is 9.56. The van der Waals surface area contributed by atoms with Gasteiger partial charge in [-0.15, -0.1) is 0 Å². The molecule has 0 fully saturated rings. The Hall–Kier alpha value is -4.18. The number of para-hydroxylation sites is 2. The number of anilines is 1. The lowest BCUT2D eigenvalue weighted by Gasteiger charge is -2.24. The molecule has 0 aliphatic carbocycles. The quantitative estimate of drug-likeness (QED) is 0.258. The second-order valence-electron chi connectivity index (χ2n) is 9.13. The van der Waals surface area contributed by atoms with Crippen LogP contribution >= 0.6 is 0 Å². The number of rotatable bonds is 13. The van der Waals surface area contributed by atoms with Crippen LogP contribution in [0.3, 0.4) is 0 Å². The molecule has 0 unspecified atom stereocenters. The van der Waals surface area contributed by atoms with Gasteiger partial charge in [-0.1, -0.05) is 43.3 Å². The molecule has 0 saturated carbocycles. The first-order valence-corrected chi connectivity index (χ1v) is 13.0. The van der Waals surface area contributed by atoms with Crippen LogP contribution in [0.1, 0.15) is 31.2 Å². The number of carbonyl (C=O) groups is 2. The molecule has 0 aliphatic rings. The Morgan fingerprint density at radius 2 is 1.82 bits per heavy atom. The number of esters is 1. The van der Waals surface area contributed by atoms with Crippen molar-refractivity contribution in [3.8, 4) is 5.75 Å². The molecule has 2 N–H and O–H groups in total. The minimum absolute atomic E-state index is 0.0340. The predicted molar refractivity (Wildman–Crippen MR) is 149 cm³/mol. The van der Waals surface area contributed by atoms with Gasteiger partial charge >= 0.3 is 5.97 Å². The van der Waals surface area contributed by atoms with E-state index in [0.29, 0.717) is 62.6 Å². The summed E-state index contributed by atoms with van der Waals surface area (Å²) in [4.78, 5) is 35.7. The standard InChI is InChI=1S/C29H35N5O5/c1-4-25(35)33(18-20-10-5-8-13-23(20)39-19-26(36)38-3)15-9-16-34-24(14-17-37-2)32-27-28(34)21-11-6-7-12-22(21)31-29(27)30/h5-8,10-13H,4,9,14-19H2,1-3H3,(H2,30,31). The number of nitrogen functional groups attached to an aromatic ring is 1. The molecule has 0 radical (unpaired) electrons. The van der Waals surface area contributed by atoms with Crippen LogP contribution in [0.2, 0.25) is 0 Å². The first-order valence-electron chi connectivity index (χ1n) is 13.0. The van der Waals surface area contributed by atoms with Gasteiger partial charge in [0.2, 0.25) is 5.91 Å². The topological polar surface area (TPSA) is 122 Å². The number of carbonyl (C=O) groups excluding carboxylic acids is 2. The van der Waals surface area contributed by atoms with E-state index >= 15 is 0 Å². The molecule has 39 heavy (non-hydrogen) atoms. The summed E-state index contributed by atoms with van der Waals surface area (Å²) >= 11 is 0. The molecule has 10 nitrogen and oxygen atoms in total. The molecule has 2 aromatic carbocycles. The molecule has 0 atom stereocenters. The molecule has 0 aliphatic heterocycles. The Morgan fingerprint density at radius 3 is 2.59 bits per heavy atom. The molecule has 0 spiro atoms. The van der Waals surface area contributed by atoms with Crippen molar-refractivity contribution in [2.45, 2.75) is 39.3 Å². The Bertz CT molecular complexity index is 1450. The van der Waals surface area contributed by atoms with Gasteiger partial charge in [-0.05, 0) is 18.6 Å². The largest absolute Gasteiger partial charge is 0.482 e. The maximum absolute atomic E-state index is 12.9. The summed E-state index contributed by atoms with van der Waals surface area (Å²) in [7, 11) is 2.98. The normalized spacial score (nSPS) is 11.2. The summed E-state index contributed by atoms with van der Waals surface area (Å²) < 4.78 is 17.9. The van der Waals surface area contributed by atoms with E-state index < -0.39 is 5.97 Å². The number of hydrogen-bond donors (Lipinski definition) is 1. The van der Waals surface area contributed by atoms with Crippen molar-refractivity contribution in [1.82, 2.24) is 19.4 Å². The molecule has 2 aromatic heterocycles. The molecular formula is C29H35N5O5. The zero-order chi connectivity index (χ0) is 27.8. The van der Waals surface area contributed by atoms with Gasteiger partial charge < -0.3 is 29.4 Å². The number of pyridine rings is 1. The van der Waals surface area contributed by atoms with Gasteiger partial charge in [0.05, 0.1) is 24.8 Å². The Labute approximate surface area is 227 Å². The van der Waals surface area contributed by atoms with Crippen molar-refractivity contribution >= 4 is 39.6 Å². The minimum Gasteiger partial charge on any atom is -0.482 e. The number of amides is 1. The monoisotopic (exact) mass is 533 g/mol. The Morgan fingerprint density at radius 1 is 1.05 bits per heavy atom. The van der Waals surface area contributed by atoms with Crippen LogP contribution in [0.5, 0.6) is 5.75 Å². The fourth-order valence-electron chi connectivity index (χ4n) is 4.64. The molecule has 0 bridgehead atoms. The highest BCUT2D eigenvalue weighted by molar-refractivity contribution is 6.06. The van der Waals surface area contributed by atoms with Gasteiger partial charge in [-0.2, -0.15) is 0 Å². The van der Waals surface area contributed by atoms with Gasteiger partial charge in [0.1, 0.15) is 17.1 Å². The molecule has 0 saturated heterocycles. The van der Waals surface area contributed by atoms with E-state index in [0.717, 1.165) is 27.8 Å². The fourth-order valence-corrected chi connectivity index (χ4v) is 4.64. The van der Waals surface area contributed by atoms with Crippen molar-refractivity contribution in [3.63, 3.8) is 0 Å². The molecule has 206 valence electrons. The van der Waals surface area contributed by atoms with Crippen molar-refractivity contribution in [1.29, 1.82) is 0 Å². The van der Waals surface area contributed by atoms with E-state index in [1.807, 2.05) is 54.3 Å². The first-order chi connectivity index (χ1) is 19.0. The van der Waals surface area contributed by atoms with Crippen molar-refractivity contribution in [2.24, 2.45) is 0 Å². The van der Waals surface area contributed by atoms with Crippen molar-refractivity contribution in [2.75, 3.05) is 39.7 Å². The van der Waals surface area contributed by atoms with Crippen LogP contribution in [0, 0.1) is 0 Å². The lowest BCUT2D eigenvalue weighted by Crippen LogP contribution is -2.31. The number of aromatic nitrogens is 3. The van der Waals surface area contributed by atoms with Crippen LogP contribution in [0.25, 0.3) is 21.9 Å². The third-order valence-electron chi connectivity index (χ3n) is 6.59. The Kier molecular flexibility index (Phi) is 9.32. The number of hydrogen-bond acceptors (Lipinski definition) is 8. The first kappa shape index (κ1) is 27.8. The highest BCUT2D eigenvalue weighted by Crippen LogP contribution is 2.29. The fraction of sp³-hybridized carbons (Fsp3) is 0.379. The molecule has 4 rings (SSSR count). The van der Waals surface area contributed by atoms with Crippen LogP contribution in [0.15, 0.2) is 48.5 Å². The smallest absolute Gasteiger partial charge is 0.343 e. The number of fused-ring (bicyclic) bond motifs is 3. The van der Waals surface area contributed by atoms with E-state index in [1.54, 1.807) is 13.2 Å². The number of nitrogens with two attached hydrogens (primary N) is 1. The lowest BCUT2D eigenvalue weighted by molar-refractivity contribution is -0.143. The lowest BCUT2D eigenvalue weighted by atomic mass is 10.1. The van der Waals surface area contributed by atoms with Crippen LogP contribution in [-0.2, 0) is 38.6 Å². The summed E-state index contributed by atoms with van der Waals surface area (Å²) in [6.07, 6.45) is 1.70. The van der Waals surface area contributed by atoms with Gasteiger partial charge in [-0.25, -0.2) is 14.8 Å². The van der Waals surface area contributed by atoms with E-state index in [1.165, 1.54) is 7.11 Å². The summed E-state index contributed by atoms with van der Waals surface area (Å²) in [6, 6.07) is 15.3.